The van der Waals surface area contributed by atoms with Crippen LogP contribution in [0.3, 0.4) is 0 Å². The van der Waals surface area contributed by atoms with Gasteiger partial charge in [-0.25, -0.2) is 18.4 Å². The molecule has 4 rings (SSSR count). The van der Waals surface area contributed by atoms with E-state index in [1.54, 1.807) is 36.7 Å². The van der Waals surface area contributed by atoms with E-state index in [1.165, 1.54) is 23.0 Å². The van der Waals surface area contributed by atoms with Gasteiger partial charge in [-0.2, -0.15) is 5.10 Å². The number of benzene rings is 1. The van der Waals surface area contributed by atoms with Gasteiger partial charge in [0, 0.05) is 18.6 Å². The highest BCUT2D eigenvalue weighted by atomic mass is 35.5. The van der Waals surface area contributed by atoms with Crippen molar-refractivity contribution >= 4 is 17.5 Å². The summed E-state index contributed by atoms with van der Waals surface area (Å²) in [6.45, 7) is 0. The van der Waals surface area contributed by atoms with E-state index in [2.05, 4.69) is 15.4 Å². The molecule has 1 aliphatic rings. The fourth-order valence-corrected chi connectivity index (χ4v) is 4.21. The molecule has 1 amide bonds. The first kappa shape index (κ1) is 21.4. The molecule has 6 nitrogen and oxygen atoms in total. The lowest BCUT2D eigenvalue weighted by Gasteiger charge is -2.41. The smallest absolute Gasteiger partial charge is 0.255 e. The molecule has 162 valence electrons. The summed E-state index contributed by atoms with van der Waals surface area (Å²) in [5.41, 5.74) is -1.03. The maximum atomic E-state index is 14.2. The number of hydrogen-bond acceptors (Lipinski definition) is 4. The zero-order valence-electron chi connectivity index (χ0n) is 16.5. The predicted octanol–water partition coefficient (Wildman–Crippen LogP) is 4.17. The third-order valence-corrected chi connectivity index (χ3v) is 6.04. The van der Waals surface area contributed by atoms with Crippen molar-refractivity contribution in [3.63, 3.8) is 0 Å². The average Bonchev–Trinajstić information content (AvgIpc) is 3.31. The molecule has 1 fully saturated rings. The highest BCUT2D eigenvalue weighted by Crippen LogP contribution is 2.42. The maximum absolute atomic E-state index is 14.2. The molecule has 1 atom stereocenters. The second-order valence-corrected chi connectivity index (χ2v) is 8.03. The SMILES string of the molecule is O=C(NC(c1cccc(F)c1Cl)[C@]1(O)CC[C@@H](F)CC1)c1cccnc1-n1cccn1. The number of halogens is 3. The van der Waals surface area contributed by atoms with Crippen molar-refractivity contribution in [1.29, 1.82) is 0 Å². The molecule has 2 aromatic heterocycles. The van der Waals surface area contributed by atoms with E-state index in [9.17, 15) is 18.7 Å². The number of hydrogen-bond donors (Lipinski definition) is 2. The Balaban J connectivity index is 1.72. The highest BCUT2D eigenvalue weighted by molar-refractivity contribution is 6.31. The predicted molar refractivity (Wildman–Crippen MR) is 111 cm³/mol. The van der Waals surface area contributed by atoms with Crippen molar-refractivity contribution < 1.29 is 18.7 Å². The summed E-state index contributed by atoms with van der Waals surface area (Å²) in [4.78, 5) is 17.5. The zero-order chi connectivity index (χ0) is 22.0. The number of amides is 1. The average molecular weight is 447 g/mol. The Morgan fingerprint density at radius 1 is 1.23 bits per heavy atom. The van der Waals surface area contributed by atoms with Crippen LogP contribution in [0.2, 0.25) is 5.02 Å². The Hall–Kier alpha value is -2.84. The van der Waals surface area contributed by atoms with E-state index < -0.39 is 29.5 Å². The summed E-state index contributed by atoms with van der Waals surface area (Å²) >= 11 is 6.20. The number of nitrogens with zero attached hydrogens (tertiary/aromatic N) is 3. The maximum Gasteiger partial charge on any atom is 0.255 e. The zero-order valence-corrected chi connectivity index (χ0v) is 17.3. The van der Waals surface area contributed by atoms with Gasteiger partial charge in [-0.1, -0.05) is 23.7 Å². The van der Waals surface area contributed by atoms with Gasteiger partial charge in [0.05, 0.1) is 22.2 Å². The fourth-order valence-electron chi connectivity index (χ4n) is 3.98. The van der Waals surface area contributed by atoms with Gasteiger partial charge in [-0.15, -0.1) is 0 Å². The Labute approximate surface area is 182 Å². The lowest BCUT2D eigenvalue weighted by Crippen LogP contribution is -2.48. The molecule has 2 N–H and O–H groups in total. The van der Waals surface area contributed by atoms with Gasteiger partial charge in [0.1, 0.15) is 12.0 Å². The Bertz CT molecular complexity index is 1070. The number of carbonyl (C=O) groups is 1. The lowest BCUT2D eigenvalue weighted by atomic mass is 9.76. The van der Waals surface area contributed by atoms with Crippen LogP contribution in [0.5, 0.6) is 0 Å². The van der Waals surface area contributed by atoms with Crippen molar-refractivity contribution in [1.82, 2.24) is 20.1 Å². The summed E-state index contributed by atoms with van der Waals surface area (Å²) in [6.07, 6.45) is 4.20. The van der Waals surface area contributed by atoms with Crippen LogP contribution in [0.15, 0.2) is 55.0 Å². The van der Waals surface area contributed by atoms with Gasteiger partial charge in [0.2, 0.25) is 0 Å². The van der Waals surface area contributed by atoms with E-state index in [1.807, 2.05) is 0 Å². The Morgan fingerprint density at radius 2 is 2.00 bits per heavy atom. The van der Waals surface area contributed by atoms with Crippen LogP contribution in [0.4, 0.5) is 8.78 Å². The molecular weight excluding hydrogens is 426 g/mol. The van der Waals surface area contributed by atoms with Gasteiger partial charge >= 0.3 is 0 Å². The molecule has 1 unspecified atom stereocenters. The summed E-state index contributed by atoms with van der Waals surface area (Å²) in [7, 11) is 0. The minimum atomic E-state index is -1.48. The molecular formula is C22H21ClF2N4O2. The van der Waals surface area contributed by atoms with E-state index in [0.29, 0.717) is 5.82 Å². The van der Waals surface area contributed by atoms with Gasteiger partial charge < -0.3 is 10.4 Å². The van der Waals surface area contributed by atoms with Crippen LogP contribution in [0, 0.1) is 5.82 Å². The molecule has 0 saturated heterocycles. The van der Waals surface area contributed by atoms with E-state index >= 15 is 0 Å². The third kappa shape index (κ3) is 4.31. The molecule has 1 aliphatic carbocycles. The van der Waals surface area contributed by atoms with Crippen molar-refractivity contribution in [2.24, 2.45) is 0 Å². The van der Waals surface area contributed by atoms with Crippen LogP contribution in [0.25, 0.3) is 5.82 Å². The molecule has 0 radical (unpaired) electrons. The van der Waals surface area contributed by atoms with Gasteiger partial charge in [0.25, 0.3) is 5.91 Å². The highest BCUT2D eigenvalue weighted by Gasteiger charge is 2.43. The molecule has 1 saturated carbocycles. The standard InChI is InChI=1S/C22H21ClF2N4O2/c23-18-15(4-1-6-17(18)25)19(22(31)9-7-14(24)8-10-22)28-21(30)16-5-2-11-26-20(16)29-13-3-12-27-29/h1-6,11-14,19,31H,7-10H2,(H,28,30)/t14-,19?,22+. The fraction of sp³-hybridized carbons (Fsp3) is 0.318. The van der Waals surface area contributed by atoms with Gasteiger partial charge in [0.15, 0.2) is 5.82 Å². The van der Waals surface area contributed by atoms with Crippen LogP contribution < -0.4 is 5.32 Å². The minimum absolute atomic E-state index is 0.102. The van der Waals surface area contributed by atoms with Crippen LogP contribution in [-0.2, 0) is 0 Å². The first-order valence-electron chi connectivity index (χ1n) is 9.95. The summed E-state index contributed by atoms with van der Waals surface area (Å²) in [5.74, 6) is -0.909. The van der Waals surface area contributed by atoms with Crippen LogP contribution in [-0.4, -0.2) is 37.6 Å². The number of alkyl halides is 1. The number of pyridine rings is 1. The van der Waals surface area contributed by atoms with Crippen LogP contribution >= 0.6 is 11.6 Å². The molecule has 2 heterocycles. The van der Waals surface area contributed by atoms with Crippen LogP contribution in [0.1, 0.15) is 47.6 Å². The minimum Gasteiger partial charge on any atom is -0.387 e. The first-order chi connectivity index (χ1) is 14.9. The summed E-state index contributed by atoms with van der Waals surface area (Å²) < 4.78 is 29.4. The normalized spacial score (nSPS) is 22.1. The Kier molecular flexibility index (Phi) is 6.02. The first-order valence-corrected chi connectivity index (χ1v) is 10.3. The summed E-state index contributed by atoms with van der Waals surface area (Å²) in [5, 5.41) is 18.1. The van der Waals surface area contributed by atoms with Gasteiger partial charge in [-0.3, -0.25) is 4.79 Å². The number of rotatable bonds is 5. The molecule has 3 aromatic rings. The quantitative estimate of drug-likeness (QED) is 0.616. The molecule has 0 aliphatic heterocycles. The monoisotopic (exact) mass is 446 g/mol. The molecule has 31 heavy (non-hydrogen) atoms. The second kappa shape index (κ2) is 8.72. The van der Waals surface area contributed by atoms with Crippen molar-refractivity contribution in [3.8, 4) is 5.82 Å². The van der Waals surface area contributed by atoms with E-state index in [-0.39, 0.29) is 41.8 Å². The number of nitrogens with one attached hydrogen (secondary N) is 1. The molecule has 0 spiro atoms. The largest absolute Gasteiger partial charge is 0.387 e. The molecule has 1 aromatic carbocycles. The lowest BCUT2D eigenvalue weighted by molar-refractivity contribution is -0.0445. The molecule has 0 bridgehead atoms. The second-order valence-electron chi connectivity index (χ2n) is 7.65. The van der Waals surface area contributed by atoms with E-state index in [0.717, 1.165) is 0 Å². The Morgan fingerprint density at radius 3 is 2.71 bits per heavy atom. The number of aliphatic hydroxyl groups is 1. The topological polar surface area (TPSA) is 80.0 Å². The van der Waals surface area contributed by atoms with Crippen molar-refractivity contribution in [2.45, 2.75) is 43.5 Å². The molecule has 9 heteroatoms. The van der Waals surface area contributed by atoms with Gasteiger partial charge in [-0.05, 0) is 55.5 Å². The summed E-state index contributed by atoms with van der Waals surface area (Å²) in [6, 6.07) is 8.04. The number of aromatic nitrogens is 3. The third-order valence-electron chi connectivity index (χ3n) is 5.64. The van der Waals surface area contributed by atoms with E-state index in [4.69, 9.17) is 11.6 Å². The number of carbonyl (C=O) groups excluding carboxylic acids is 1. The van der Waals surface area contributed by atoms with Crippen molar-refractivity contribution in [3.05, 3.63) is 77.0 Å². The van der Waals surface area contributed by atoms with Crippen molar-refractivity contribution in [2.75, 3.05) is 0 Å².